The first kappa shape index (κ1) is 15.7. The fraction of sp³-hybridized carbons (Fsp3) is 0.571. The number of carbonyl (C=O) groups is 1. The highest BCUT2D eigenvalue weighted by molar-refractivity contribution is 6.30. The molecule has 0 unspecified atom stereocenters. The predicted octanol–water partition coefficient (Wildman–Crippen LogP) is 2.37. The minimum Gasteiger partial charge on any atom is -0.444 e. The molecule has 1 aliphatic heterocycles. The van der Waals surface area contributed by atoms with Gasteiger partial charge in [0.2, 0.25) is 0 Å². The molecule has 0 saturated carbocycles. The molecule has 1 aliphatic rings. The van der Waals surface area contributed by atoms with Crippen LogP contribution in [0.1, 0.15) is 20.8 Å². The van der Waals surface area contributed by atoms with Gasteiger partial charge in [-0.05, 0) is 26.8 Å². The first-order chi connectivity index (χ1) is 9.76. The highest BCUT2D eigenvalue weighted by atomic mass is 35.5. The van der Waals surface area contributed by atoms with E-state index in [1.165, 1.54) is 6.20 Å². The molecule has 2 N–H and O–H groups in total. The molecule has 2 heterocycles. The minimum absolute atomic E-state index is 0.278. The van der Waals surface area contributed by atoms with Crippen LogP contribution in [-0.4, -0.2) is 47.8 Å². The Hall–Kier alpha value is -1.69. The quantitative estimate of drug-likeness (QED) is 0.862. The van der Waals surface area contributed by atoms with Crippen LogP contribution in [0.15, 0.2) is 12.3 Å². The molecule has 0 aromatic carbocycles. The third kappa shape index (κ3) is 4.14. The van der Waals surface area contributed by atoms with E-state index in [4.69, 9.17) is 22.1 Å². The Labute approximate surface area is 129 Å². The van der Waals surface area contributed by atoms with Crippen molar-refractivity contribution in [3.63, 3.8) is 0 Å². The Kier molecular flexibility index (Phi) is 4.46. The van der Waals surface area contributed by atoms with Gasteiger partial charge < -0.3 is 20.3 Å². The molecule has 0 radical (unpaired) electrons. The van der Waals surface area contributed by atoms with E-state index in [9.17, 15) is 4.79 Å². The second kappa shape index (κ2) is 5.97. The van der Waals surface area contributed by atoms with Crippen LogP contribution in [0.5, 0.6) is 0 Å². The summed E-state index contributed by atoms with van der Waals surface area (Å²) < 4.78 is 5.37. The van der Waals surface area contributed by atoms with Crippen LogP contribution in [0.3, 0.4) is 0 Å². The molecule has 1 aromatic rings. The van der Waals surface area contributed by atoms with E-state index in [2.05, 4.69) is 9.88 Å². The van der Waals surface area contributed by atoms with Crippen LogP contribution >= 0.6 is 11.6 Å². The maximum absolute atomic E-state index is 12.0. The summed E-state index contributed by atoms with van der Waals surface area (Å²) >= 11 is 5.96. The number of rotatable bonds is 1. The van der Waals surface area contributed by atoms with Crippen molar-refractivity contribution in [2.75, 3.05) is 36.8 Å². The first-order valence-electron chi connectivity index (χ1n) is 6.90. The largest absolute Gasteiger partial charge is 0.444 e. The lowest BCUT2D eigenvalue weighted by Gasteiger charge is -2.36. The molecule has 1 amide bonds. The van der Waals surface area contributed by atoms with Gasteiger partial charge in [-0.2, -0.15) is 0 Å². The lowest BCUT2D eigenvalue weighted by molar-refractivity contribution is 0.0240. The van der Waals surface area contributed by atoms with Gasteiger partial charge in [0.25, 0.3) is 0 Å². The lowest BCUT2D eigenvalue weighted by atomic mass is 10.2. The van der Waals surface area contributed by atoms with Gasteiger partial charge in [0.15, 0.2) is 0 Å². The fourth-order valence-electron chi connectivity index (χ4n) is 2.15. The Morgan fingerprint density at radius 2 is 1.95 bits per heavy atom. The van der Waals surface area contributed by atoms with Crippen LogP contribution in [0.2, 0.25) is 5.02 Å². The van der Waals surface area contributed by atoms with E-state index >= 15 is 0 Å². The number of hydrogen-bond donors (Lipinski definition) is 1. The second-order valence-electron chi connectivity index (χ2n) is 6.01. The smallest absolute Gasteiger partial charge is 0.410 e. The standard InChI is InChI=1S/C14H21ClN4O2/c1-14(2,3)21-13(20)19-6-4-18(5-7-19)11-8-10(15)9-17-12(11)16/h8-9H,4-7H2,1-3H3,(H2,16,17). The highest BCUT2D eigenvalue weighted by Crippen LogP contribution is 2.25. The molecule has 1 aromatic heterocycles. The van der Waals surface area contributed by atoms with Gasteiger partial charge in [-0.3, -0.25) is 0 Å². The monoisotopic (exact) mass is 312 g/mol. The highest BCUT2D eigenvalue weighted by Gasteiger charge is 2.26. The van der Waals surface area contributed by atoms with Gasteiger partial charge in [0, 0.05) is 32.4 Å². The van der Waals surface area contributed by atoms with Gasteiger partial charge in [-0.1, -0.05) is 11.6 Å². The number of nitrogens with two attached hydrogens (primary N) is 1. The average Bonchev–Trinajstić information content (AvgIpc) is 2.40. The summed E-state index contributed by atoms with van der Waals surface area (Å²) in [5, 5.41) is 0.550. The lowest BCUT2D eigenvalue weighted by Crippen LogP contribution is -2.50. The van der Waals surface area contributed by atoms with E-state index in [1.807, 2.05) is 20.8 Å². The van der Waals surface area contributed by atoms with Crippen LogP contribution in [0.25, 0.3) is 0 Å². The number of amides is 1. The maximum atomic E-state index is 12.0. The minimum atomic E-state index is -0.477. The van der Waals surface area contributed by atoms with Crippen molar-refractivity contribution < 1.29 is 9.53 Å². The van der Waals surface area contributed by atoms with Gasteiger partial charge in [-0.25, -0.2) is 9.78 Å². The van der Waals surface area contributed by atoms with Crippen LogP contribution in [0, 0.1) is 0 Å². The number of piperazine rings is 1. The van der Waals surface area contributed by atoms with Crippen molar-refractivity contribution >= 4 is 29.2 Å². The number of nitrogens with zero attached hydrogens (tertiary/aromatic N) is 3. The molecule has 1 fully saturated rings. The average molecular weight is 313 g/mol. The number of hydrogen-bond acceptors (Lipinski definition) is 5. The summed E-state index contributed by atoms with van der Waals surface area (Å²) in [6.45, 7) is 8.09. The van der Waals surface area contributed by atoms with Gasteiger partial charge in [0.05, 0.1) is 10.7 Å². The fourth-order valence-corrected chi connectivity index (χ4v) is 2.30. The number of ether oxygens (including phenoxy) is 1. The Balaban J connectivity index is 1.97. The molecule has 6 nitrogen and oxygen atoms in total. The summed E-state index contributed by atoms with van der Waals surface area (Å²) in [6.07, 6.45) is 1.25. The molecule has 0 spiro atoms. The van der Waals surface area contributed by atoms with E-state index in [1.54, 1.807) is 11.0 Å². The van der Waals surface area contributed by atoms with Crippen molar-refractivity contribution in [1.82, 2.24) is 9.88 Å². The van der Waals surface area contributed by atoms with E-state index in [0.717, 1.165) is 5.69 Å². The molecular weight excluding hydrogens is 292 g/mol. The Morgan fingerprint density at radius 3 is 2.52 bits per heavy atom. The topological polar surface area (TPSA) is 71.7 Å². The van der Waals surface area contributed by atoms with Crippen LogP contribution in [-0.2, 0) is 4.74 Å². The molecule has 7 heteroatoms. The van der Waals surface area contributed by atoms with Crippen molar-refractivity contribution in [3.8, 4) is 0 Å². The zero-order valence-electron chi connectivity index (χ0n) is 12.6. The maximum Gasteiger partial charge on any atom is 0.410 e. The van der Waals surface area contributed by atoms with E-state index in [-0.39, 0.29) is 6.09 Å². The van der Waals surface area contributed by atoms with Crippen molar-refractivity contribution in [3.05, 3.63) is 17.3 Å². The molecule has 116 valence electrons. The number of carbonyl (C=O) groups excluding carboxylic acids is 1. The summed E-state index contributed by atoms with van der Waals surface area (Å²) in [5.41, 5.74) is 6.22. The SMILES string of the molecule is CC(C)(C)OC(=O)N1CCN(c2cc(Cl)cnc2N)CC1. The van der Waals surface area contributed by atoms with E-state index in [0.29, 0.717) is 37.0 Å². The summed E-state index contributed by atoms with van der Waals surface area (Å²) in [7, 11) is 0. The molecule has 0 atom stereocenters. The Bertz CT molecular complexity index is 522. The first-order valence-corrected chi connectivity index (χ1v) is 7.28. The van der Waals surface area contributed by atoms with Gasteiger partial charge >= 0.3 is 6.09 Å². The molecule has 1 saturated heterocycles. The number of pyridine rings is 1. The second-order valence-corrected chi connectivity index (χ2v) is 6.45. The van der Waals surface area contributed by atoms with Crippen LogP contribution in [0.4, 0.5) is 16.3 Å². The molecule has 0 aliphatic carbocycles. The normalized spacial score (nSPS) is 16.0. The molecule has 0 bridgehead atoms. The van der Waals surface area contributed by atoms with Crippen molar-refractivity contribution in [2.24, 2.45) is 0 Å². The van der Waals surface area contributed by atoms with Gasteiger partial charge in [0.1, 0.15) is 11.4 Å². The molecular formula is C14H21ClN4O2. The number of anilines is 2. The van der Waals surface area contributed by atoms with Crippen LogP contribution < -0.4 is 10.6 Å². The summed E-state index contributed by atoms with van der Waals surface area (Å²) in [6, 6.07) is 1.80. The third-order valence-electron chi connectivity index (χ3n) is 3.14. The third-order valence-corrected chi connectivity index (χ3v) is 3.34. The Morgan fingerprint density at radius 1 is 1.33 bits per heavy atom. The van der Waals surface area contributed by atoms with Gasteiger partial charge in [-0.15, -0.1) is 0 Å². The number of halogens is 1. The predicted molar refractivity (Wildman–Crippen MR) is 83.7 cm³/mol. The summed E-state index contributed by atoms with van der Waals surface area (Å²) in [4.78, 5) is 19.8. The molecule has 2 rings (SSSR count). The molecule has 21 heavy (non-hydrogen) atoms. The van der Waals surface area contributed by atoms with E-state index < -0.39 is 5.60 Å². The van der Waals surface area contributed by atoms with Crippen molar-refractivity contribution in [1.29, 1.82) is 0 Å². The summed E-state index contributed by atoms with van der Waals surface area (Å²) in [5.74, 6) is 0.449. The number of nitrogen functional groups attached to an aromatic ring is 1. The zero-order chi connectivity index (χ0) is 15.6. The van der Waals surface area contributed by atoms with Crippen molar-refractivity contribution in [2.45, 2.75) is 26.4 Å². The zero-order valence-corrected chi connectivity index (χ0v) is 13.4. The number of aromatic nitrogens is 1.